The van der Waals surface area contributed by atoms with E-state index in [-0.39, 0.29) is 13.2 Å². The number of hydrogen-bond acceptors (Lipinski definition) is 3. The molecule has 11 heavy (non-hydrogen) atoms. The molecule has 0 atom stereocenters. The molecule has 2 N–H and O–H groups in total. The summed E-state index contributed by atoms with van der Waals surface area (Å²) >= 11 is 0. The predicted molar refractivity (Wildman–Crippen MR) is 40.4 cm³/mol. The molecule has 0 saturated carbocycles. The zero-order valence-electron chi connectivity index (χ0n) is 6.33. The summed E-state index contributed by atoms with van der Waals surface area (Å²) in [5.74, 6) is -0.492. The Morgan fingerprint density at radius 2 is 2.45 bits per heavy atom. The lowest BCUT2D eigenvalue weighted by molar-refractivity contribution is -0.137. The molecule has 60 valence electrons. The first-order valence-corrected chi connectivity index (χ1v) is 3.10. The SMILES string of the molecule is [C-]#[N+]CCOC(=O)/C=C(\C)N. The van der Waals surface area contributed by atoms with Gasteiger partial charge in [-0.25, -0.2) is 11.4 Å². The van der Waals surface area contributed by atoms with Crippen LogP contribution in [-0.2, 0) is 9.53 Å². The third-order valence-electron chi connectivity index (χ3n) is 0.793. The van der Waals surface area contributed by atoms with Crippen LogP contribution >= 0.6 is 0 Å². The number of nitrogens with zero attached hydrogens (tertiary/aromatic N) is 1. The van der Waals surface area contributed by atoms with Crippen molar-refractivity contribution in [2.75, 3.05) is 13.2 Å². The molecule has 0 aromatic carbocycles. The summed E-state index contributed by atoms with van der Waals surface area (Å²) in [7, 11) is 0. The average molecular weight is 154 g/mol. The molecule has 0 saturated heterocycles. The number of carbonyl (C=O) groups excluding carboxylic acids is 1. The van der Waals surface area contributed by atoms with Gasteiger partial charge in [-0.1, -0.05) is 0 Å². The Bertz CT molecular complexity index is 199. The Morgan fingerprint density at radius 3 is 2.91 bits per heavy atom. The van der Waals surface area contributed by atoms with E-state index in [0.29, 0.717) is 5.70 Å². The molecule has 4 nitrogen and oxygen atoms in total. The van der Waals surface area contributed by atoms with Crippen LogP contribution in [-0.4, -0.2) is 19.1 Å². The fraction of sp³-hybridized carbons (Fsp3) is 0.429. The lowest BCUT2D eigenvalue weighted by Gasteiger charge is -1.95. The first-order chi connectivity index (χ1) is 5.16. The van der Waals surface area contributed by atoms with Gasteiger partial charge in [0.15, 0.2) is 6.61 Å². The van der Waals surface area contributed by atoms with Crippen LogP contribution in [0.5, 0.6) is 0 Å². The van der Waals surface area contributed by atoms with Crippen molar-refractivity contribution < 1.29 is 9.53 Å². The van der Waals surface area contributed by atoms with Crippen molar-refractivity contribution in [2.45, 2.75) is 6.92 Å². The normalized spacial score (nSPS) is 10.4. The maximum Gasteiger partial charge on any atom is 0.332 e. The molecular weight excluding hydrogens is 144 g/mol. The van der Waals surface area contributed by atoms with Crippen molar-refractivity contribution in [3.63, 3.8) is 0 Å². The lowest BCUT2D eigenvalue weighted by Crippen LogP contribution is -2.06. The van der Waals surface area contributed by atoms with Crippen LogP contribution in [0.25, 0.3) is 4.85 Å². The van der Waals surface area contributed by atoms with Crippen molar-refractivity contribution in [3.05, 3.63) is 23.2 Å². The van der Waals surface area contributed by atoms with Crippen molar-refractivity contribution in [1.29, 1.82) is 0 Å². The molecule has 4 heteroatoms. The molecule has 0 aliphatic heterocycles. The van der Waals surface area contributed by atoms with E-state index >= 15 is 0 Å². The van der Waals surface area contributed by atoms with Crippen LogP contribution < -0.4 is 5.73 Å². The molecule has 0 aliphatic rings. The highest BCUT2D eigenvalue weighted by Crippen LogP contribution is 1.85. The molecule has 0 rings (SSSR count). The van der Waals surface area contributed by atoms with Gasteiger partial charge in [0.05, 0.1) is 0 Å². The van der Waals surface area contributed by atoms with E-state index in [1.54, 1.807) is 6.92 Å². The number of ether oxygens (including phenoxy) is 1. The summed E-state index contributed by atoms with van der Waals surface area (Å²) < 4.78 is 4.58. The molecule has 0 heterocycles. The summed E-state index contributed by atoms with van der Waals surface area (Å²) in [6, 6.07) is 0. The number of rotatable bonds is 3. The Balaban J connectivity index is 3.56. The summed E-state index contributed by atoms with van der Waals surface area (Å²) in [4.78, 5) is 13.7. The van der Waals surface area contributed by atoms with E-state index in [1.807, 2.05) is 0 Å². The average Bonchev–Trinajstić information content (AvgIpc) is 1.86. The maximum absolute atomic E-state index is 10.6. The molecule has 0 radical (unpaired) electrons. The zero-order valence-corrected chi connectivity index (χ0v) is 6.33. The molecule has 0 amide bonds. The van der Waals surface area contributed by atoms with Gasteiger partial charge in [-0.15, -0.1) is 0 Å². The quantitative estimate of drug-likeness (QED) is 0.275. The van der Waals surface area contributed by atoms with Gasteiger partial charge in [0.25, 0.3) is 0 Å². The van der Waals surface area contributed by atoms with Gasteiger partial charge in [0, 0.05) is 11.8 Å². The van der Waals surface area contributed by atoms with Gasteiger partial charge < -0.3 is 15.3 Å². The highest BCUT2D eigenvalue weighted by Gasteiger charge is 1.97. The van der Waals surface area contributed by atoms with Gasteiger partial charge in [-0.2, -0.15) is 0 Å². The number of nitrogens with two attached hydrogens (primary N) is 1. The van der Waals surface area contributed by atoms with Crippen molar-refractivity contribution in [2.24, 2.45) is 5.73 Å². The Kier molecular flexibility index (Phi) is 4.58. The molecular formula is C7H10N2O2. The van der Waals surface area contributed by atoms with Crippen molar-refractivity contribution in [3.8, 4) is 0 Å². The van der Waals surface area contributed by atoms with E-state index in [2.05, 4.69) is 9.58 Å². The van der Waals surface area contributed by atoms with E-state index < -0.39 is 5.97 Å². The monoisotopic (exact) mass is 154 g/mol. The maximum atomic E-state index is 10.6. The minimum atomic E-state index is -0.492. The third-order valence-corrected chi connectivity index (χ3v) is 0.793. The largest absolute Gasteiger partial charge is 0.455 e. The Labute approximate surface area is 65.5 Å². The van der Waals surface area contributed by atoms with Gasteiger partial charge in [0.1, 0.15) is 0 Å². The molecule has 0 spiro atoms. The van der Waals surface area contributed by atoms with Gasteiger partial charge in [-0.05, 0) is 6.92 Å². The number of allylic oxidation sites excluding steroid dienone is 1. The van der Waals surface area contributed by atoms with E-state index in [9.17, 15) is 4.79 Å². The van der Waals surface area contributed by atoms with E-state index in [0.717, 1.165) is 0 Å². The second-order valence-electron chi connectivity index (χ2n) is 1.94. The van der Waals surface area contributed by atoms with Gasteiger partial charge in [-0.3, -0.25) is 0 Å². The lowest BCUT2D eigenvalue weighted by atomic mass is 10.4. The third kappa shape index (κ3) is 6.38. The van der Waals surface area contributed by atoms with Crippen LogP contribution in [0, 0.1) is 6.57 Å². The standard InChI is InChI=1S/C7H10N2O2/c1-6(8)5-7(10)11-4-3-9-2/h5H,3-4,8H2,1H3/b6-5+. The van der Waals surface area contributed by atoms with Gasteiger partial charge >= 0.3 is 5.97 Å². The van der Waals surface area contributed by atoms with Crippen LogP contribution in [0.15, 0.2) is 11.8 Å². The minimum absolute atomic E-state index is 0.131. The number of esters is 1. The summed E-state index contributed by atoms with van der Waals surface area (Å²) in [6.07, 6.45) is 1.18. The molecule has 0 aliphatic carbocycles. The fourth-order valence-electron chi connectivity index (χ4n) is 0.419. The van der Waals surface area contributed by atoms with Crippen LogP contribution in [0.2, 0.25) is 0 Å². The smallest absolute Gasteiger partial charge is 0.332 e. The summed E-state index contributed by atoms with van der Waals surface area (Å²) in [5.41, 5.74) is 5.60. The van der Waals surface area contributed by atoms with Crippen LogP contribution in [0.3, 0.4) is 0 Å². The number of carbonyl (C=O) groups is 1. The Hall–Kier alpha value is -1.50. The van der Waals surface area contributed by atoms with Gasteiger partial charge in [0.2, 0.25) is 6.54 Å². The fourth-order valence-corrected chi connectivity index (χ4v) is 0.419. The van der Waals surface area contributed by atoms with E-state index in [1.165, 1.54) is 6.08 Å². The Morgan fingerprint density at radius 1 is 1.82 bits per heavy atom. The second kappa shape index (κ2) is 5.30. The van der Waals surface area contributed by atoms with Crippen molar-refractivity contribution >= 4 is 5.97 Å². The minimum Gasteiger partial charge on any atom is -0.455 e. The van der Waals surface area contributed by atoms with Crippen molar-refractivity contribution in [1.82, 2.24) is 0 Å². The highest BCUT2D eigenvalue weighted by atomic mass is 16.5. The molecule has 0 unspecified atom stereocenters. The van der Waals surface area contributed by atoms with Crippen LogP contribution in [0.1, 0.15) is 6.92 Å². The molecule has 0 aromatic heterocycles. The zero-order chi connectivity index (χ0) is 8.69. The van der Waals surface area contributed by atoms with Crippen LogP contribution in [0.4, 0.5) is 0 Å². The summed E-state index contributed by atoms with van der Waals surface area (Å²) in [5, 5.41) is 0. The topological polar surface area (TPSA) is 56.7 Å². The first-order valence-electron chi connectivity index (χ1n) is 3.10. The summed E-state index contributed by atoms with van der Waals surface area (Å²) in [6.45, 7) is 8.30. The highest BCUT2D eigenvalue weighted by molar-refractivity contribution is 5.82. The molecule has 0 fully saturated rings. The molecule has 0 bridgehead atoms. The van der Waals surface area contributed by atoms with E-state index in [4.69, 9.17) is 12.3 Å². The second-order valence-corrected chi connectivity index (χ2v) is 1.94. The number of hydrogen-bond donors (Lipinski definition) is 1. The molecule has 0 aromatic rings. The predicted octanol–water partition coefficient (Wildman–Crippen LogP) is 0.311. The first kappa shape index (κ1) is 9.50.